The summed E-state index contributed by atoms with van der Waals surface area (Å²) in [7, 11) is 0. The van der Waals surface area contributed by atoms with E-state index in [2.05, 4.69) is 0 Å². The molecule has 8 nitrogen and oxygen atoms in total. The van der Waals surface area contributed by atoms with E-state index in [1.807, 2.05) is 0 Å². The highest BCUT2D eigenvalue weighted by molar-refractivity contribution is 5.91. The quantitative estimate of drug-likeness (QED) is 0.455. The van der Waals surface area contributed by atoms with Crippen molar-refractivity contribution in [2.24, 2.45) is 0 Å². The molecule has 0 aliphatic carbocycles. The average Bonchev–Trinajstić information content (AvgIpc) is 2.57. The van der Waals surface area contributed by atoms with Crippen LogP contribution in [0.1, 0.15) is 6.92 Å². The number of rotatable bonds is 3. The van der Waals surface area contributed by atoms with Crippen molar-refractivity contribution in [3.63, 3.8) is 0 Å². The lowest BCUT2D eigenvalue weighted by molar-refractivity contribution is 0.300. The van der Waals surface area contributed by atoms with Gasteiger partial charge in [0.25, 0.3) is 0 Å². The van der Waals surface area contributed by atoms with Crippen molar-refractivity contribution in [1.82, 2.24) is 0 Å². The second kappa shape index (κ2) is 5.82. The Hall–Kier alpha value is -3.55. The van der Waals surface area contributed by atoms with E-state index in [0.717, 1.165) is 18.2 Å². The molecule has 0 fully saturated rings. The molecule has 0 unspecified atom stereocenters. The van der Waals surface area contributed by atoms with Crippen LogP contribution in [-0.2, 0) is 0 Å². The highest BCUT2D eigenvalue weighted by Gasteiger charge is 2.23. The van der Waals surface area contributed by atoms with E-state index in [-0.39, 0.29) is 40.4 Å². The molecule has 130 valence electrons. The Morgan fingerprint density at radius 1 is 0.960 bits per heavy atom. The zero-order chi connectivity index (χ0) is 18.3. The molecule has 3 aromatic rings. The van der Waals surface area contributed by atoms with Crippen LogP contribution in [0.2, 0.25) is 0 Å². The van der Waals surface area contributed by atoms with Crippen LogP contribution >= 0.6 is 0 Å². The van der Waals surface area contributed by atoms with Crippen molar-refractivity contribution < 1.29 is 34.7 Å². The first kappa shape index (κ1) is 16.3. The van der Waals surface area contributed by atoms with Gasteiger partial charge in [0.1, 0.15) is 11.0 Å². The first-order chi connectivity index (χ1) is 11.8. The van der Waals surface area contributed by atoms with Crippen LogP contribution in [0, 0.1) is 0 Å². The number of aromatic hydroxyl groups is 5. The van der Waals surface area contributed by atoms with Crippen LogP contribution in [0.4, 0.5) is 0 Å². The van der Waals surface area contributed by atoms with Gasteiger partial charge in [0.2, 0.25) is 16.9 Å². The maximum Gasteiger partial charge on any atom is 0.238 e. The van der Waals surface area contributed by atoms with Crippen LogP contribution in [-0.4, -0.2) is 32.1 Å². The van der Waals surface area contributed by atoms with E-state index in [9.17, 15) is 30.3 Å². The van der Waals surface area contributed by atoms with Gasteiger partial charge in [-0.05, 0) is 25.1 Å². The Balaban J connectivity index is 2.34. The Morgan fingerprint density at radius 3 is 2.32 bits per heavy atom. The van der Waals surface area contributed by atoms with Crippen molar-refractivity contribution in [2.45, 2.75) is 6.92 Å². The summed E-state index contributed by atoms with van der Waals surface area (Å²) in [6.45, 7) is 1.76. The second-order valence-electron chi connectivity index (χ2n) is 5.19. The number of hydrogen-bond donors (Lipinski definition) is 5. The molecule has 1 heterocycles. The van der Waals surface area contributed by atoms with Gasteiger partial charge >= 0.3 is 0 Å². The first-order valence-corrected chi connectivity index (χ1v) is 7.25. The lowest BCUT2D eigenvalue weighted by Crippen LogP contribution is -2.04. The molecule has 0 amide bonds. The predicted molar refractivity (Wildman–Crippen MR) is 87.4 cm³/mol. The van der Waals surface area contributed by atoms with E-state index < -0.39 is 28.4 Å². The Morgan fingerprint density at radius 2 is 1.68 bits per heavy atom. The summed E-state index contributed by atoms with van der Waals surface area (Å²) < 4.78 is 10.5. The first-order valence-electron chi connectivity index (χ1n) is 7.25. The second-order valence-corrected chi connectivity index (χ2v) is 5.19. The normalized spacial score (nSPS) is 10.9. The lowest BCUT2D eigenvalue weighted by atomic mass is 10.1. The number of ether oxygens (including phenoxy) is 1. The topological polar surface area (TPSA) is 141 Å². The van der Waals surface area contributed by atoms with Crippen LogP contribution < -0.4 is 10.2 Å². The molecule has 0 atom stereocenters. The standard InChI is InChI=1S/C17H14O8/c1-2-24-17-10(20)6-11-12(14(17)22)13(21)15(23)16(25-11)7-3-4-8(18)9(19)5-7/h3-6,18-20,22-23H,2H2,1H3. The van der Waals surface area contributed by atoms with Crippen molar-refractivity contribution in [2.75, 3.05) is 6.61 Å². The Bertz CT molecular complexity index is 1040. The molecule has 2 aromatic carbocycles. The van der Waals surface area contributed by atoms with Gasteiger partial charge in [-0.1, -0.05) is 0 Å². The summed E-state index contributed by atoms with van der Waals surface area (Å²) in [6, 6.07) is 4.63. The van der Waals surface area contributed by atoms with Gasteiger partial charge in [0, 0.05) is 11.6 Å². The molecule has 0 aliphatic rings. The van der Waals surface area contributed by atoms with Gasteiger partial charge in [-0.2, -0.15) is 0 Å². The molecule has 0 bridgehead atoms. The van der Waals surface area contributed by atoms with Crippen molar-refractivity contribution >= 4 is 11.0 Å². The molecule has 25 heavy (non-hydrogen) atoms. The van der Waals surface area contributed by atoms with Gasteiger partial charge in [-0.15, -0.1) is 0 Å². The molecule has 0 saturated heterocycles. The van der Waals surface area contributed by atoms with Crippen LogP contribution in [0.3, 0.4) is 0 Å². The van der Waals surface area contributed by atoms with Gasteiger partial charge < -0.3 is 34.7 Å². The van der Waals surface area contributed by atoms with Crippen molar-refractivity contribution in [1.29, 1.82) is 0 Å². The summed E-state index contributed by atoms with van der Waals surface area (Å²) in [6.07, 6.45) is 0. The fraction of sp³-hybridized carbons (Fsp3) is 0.118. The molecule has 0 aliphatic heterocycles. The zero-order valence-corrected chi connectivity index (χ0v) is 13.0. The number of fused-ring (bicyclic) bond motifs is 1. The minimum Gasteiger partial charge on any atom is -0.504 e. The van der Waals surface area contributed by atoms with Crippen molar-refractivity contribution in [3.8, 4) is 45.8 Å². The lowest BCUT2D eigenvalue weighted by Gasteiger charge is -2.12. The van der Waals surface area contributed by atoms with E-state index in [4.69, 9.17) is 9.15 Å². The van der Waals surface area contributed by atoms with E-state index >= 15 is 0 Å². The summed E-state index contributed by atoms with van der Waals surface area (Å²) in [5, 5.41) is 48.8. The summed E-state index contributed by atoms with van der Waals surface area (Å²) >= 11 is 0. The number of hydrogen-bond acceptors (Lipinski definition) is 8. The summed E-state index contributed by atoms with van der Waals surface area (Å²) in [5.74, 6) is -3.35. The van der Waals surface area contributed by atoms with Crippen LogP contribution in [0.5, 0.6) is 34.5 Å². The third-order valence-electron chi connectivity index (χ3n) is 3.59. The largest absolute Gasteiger partial charge is 0.504 e. The van der Waals surface area contributed by atoms with Crippen LogP contribution in [0.25, 0.3) is 22.3 Å². The third-order valence-corrected chi connectivity index (χ3v) is 3.59. The predicted octanol–water partition coefficient (Wildman–Crippen LogP) is 2.39. The minimum atomic E-state index is -0.942. The summed E-state index contributed by atoms with van der Waals surface area (Å²) in [4.78, 5) is 12.4. The summed E-state index contributed by atoms with van der Waals surface area (Å²) in [5.41, 5.74) is -1.02. The van der Waals surface area contributed by atoms with Crippen molar-refractivity contribution in [3.05, 3.63) is 34.5 Å². The van der Waals surface area contributed by atoms with Gasteiger partial charge in [-0.25, -0.2) is 0 Å². The monoisotopic (exact) mass is 346 g/mol. The number of benzene rings is 2. The van der Waals surface area contributed by atoms with E-state index in [0.29, 0.717) is 0 Å². The van der Waals surface area contributed by atoms with Gasteiger partial charge in [0.15, 0.2) is 28.8 Å². The molecular formula is C17H14O8. The molecule has 0 spiro atoms. The SMILES string of the molecule is CCOc1c(O)cc2oc(-c3ccc(O)c(O)c3)c(O)c(=O)c2c1O. The van der Waals surface area contributed by atoms with Gasteiger partial charge in [0.05, 0.1) is 6.61 Å². The molecule has 5 N–H and O–H groups in total. The highest BCUT2D eigenvalue weighted by Crippen LogP contribution is 2.43. The number of phenols is 4. The fourth-order valence-corrected chi connectivity index (χ4v) is 2.44. The minimum absolute atomic E-state index is 0.111. The average molecular weight is 346 g/mol. The fourth-order valence-electron chi connectivity index (χ4n) is 2.44. The molecule has 3 rings (SSSR count). The molecule has 0 radical (unpaired) electrons. The molecule has 1 aromatic heterocycles. The van der Waals surface area contributed by atoms with Gasteiger partial charge in [-0.3, -0.25) is 4.79 Å². The van der Waals surface area contributed by atoms with E-state index in [1.165, 1.54) is 6.07 Å². The molecule has 0 saturated carbocycles. The molecular weight excluding hydrogens is 332 g/mol. The Labute approximate surface area is 140 Å². The van der Waals surface area contributed by atoms with Crippen LogP contribution in [0.15, 0.2) is 33.5 Å². The molecule has 8 heteroatoms. The smallest absolute Gasteiger partial charge is 0.238 e. The Kier molecular flexibility index (Phi) is 3.80. The number of phenolic OH excluding ortho intramolecular Hbond substituents is 4. The van der Waals surface area contributed by atoms with E-state index in [1.54, 1.807) is 6.92 Å². The maximum absolute atomic E-state index is 12.4. The zero-order valence-electron chi connectivity index (χ0n) is 13.0. The highest BCUT2D eigenvalue weighted by atomic mass is 16.5. The third kappa shape index (κ3) is 2.53. The maximum atomic E-state index is 12.4.